The summed E-state index contributed by atoms with van der Waals surface area (Å²) in [4.78, 5) is 28.6. The molecule has 1 aliphatic heterocycles. The van der Waals surface area contributed by atoms with Crippen molar-refractivity contribution in [3.8, 4) is 11.5 Å². The van der Waals surface area contributed by atoms with Gasteiger partial charge in [-0.1, -0.05) is 25.5 Å². The molecule has 0 aromatic heterocycles. The molecule has 0 atom stereocenters. The molecule has 2 aromatic carbocycles. The van der Waals surface area contributed by atoms with E-state index in [1.807, 2.05) is 41.3 Å². The van der Waals surface area contributed by atoms with Gasteiger partial charge < -0.3 is 19.1 Å². The summed E-state index contributed by atoms with van der Waals surface area (Å²) in [5.41, 5.74) is 5.54. The van der Waals surface area contributed by atoms with Crippen LogP contribution < -0.4 is 25.6 Å². The first-order valence-electron chi connectivity index (χ1n) is 12.0. The highest BCUT2D eigenvalue weighted by Gasteiger charge is 2.28. The molecule has 3 N–H and O–H groups in total. The maximum atomic E-state index is 13.4. The Labute approximate surface area is 207 Å². The highest BCUT2D eigenvalue weighted by Crippen LogP contribution is 2.29. The van der Waals surface area contributed by atoms with Crippen LogP contribution in [-0.4, -0.2) is 50.8 Å². The minimum atomic E-state index is -0.281. The quantitative estimate of drug-likeness (QED) is 0.207. The third-order valence-electron chi connectivity index (χ3n) is 6.02. The minimum Gasteiger partial charge on any atom is -0.496 e. The zero-order chi connectivity index (χ0) is 25.2. The van der Waals surface area contributed by atoms with E-state index in [0.29, 0.717) is 38.6 Å². The molecule has 0 spiro atoms. The SMILES string of the molecule is CCCCOCc1cc(N2CCCN(Cc3ccc(CC(=O)NN)cc3OC)C2=O)ccc1OC. The molecule has 9 nitrogen and oxygen atoms in total. The number of hydrogen-bond acceptors (Lipinski definition) is 6. The van der Waals surface area contributed by atoms with Crippen LogP contribution in [0.4, 0.5) is 10.5 Å². The van der Waals surface area contributed by atoms with Gasteiger partial charge >= 0.3 is 6.03 Å². The number of ether oxygens (including phenoxy) is 3. The van der Waals surface area contributed by atoms with E-state index in [9.17, 15) is 9.59 Å². The summed E-state index contributed by atoms with van der Waals surface area (Å²) < 4.78 is 16.8. The summed E-state index contributed by atoms with van der Waals surface area (Å²) >= 11 is 0. The Morgan fingerprint density at radius 2 is 1.86 bits per heavy atom. The molecule has 1 aliphatic rings. The normalized spacial score (nSPS) is 13.7. The number of amides is 3. The van der Waals surface area contributed by atoms with Gasteiger partial charge in [-0.05, 0) is 42.7 Å². The lowest BCUT2D eigenvalue weighted by atomic mass is 10.1. The van der Waals surface area contributed by atoms with Gasteiger partial charge in [0.05, 0.1) is 33.8 Å². The number of benzene rings is 2. The Kier molecular flexibility index (Phi) is 9.75. The molecular weight excluding hydrogens is 448 g/mol. The average molecular weight is 485 g/mol. The summed E-state index contributed by atoms with van der Waals surface area (Å²) in [6.07, 6.45) is 3.08. The number of methoxy groups -OCH3 is 2. The third kappa shape index (κ3) is 6.86. The molecule has 35 heavy (non-hydrogen) atoms. The number of hydrazine groups is 1. The van der Waals surface area contributed by atoms with Crippen molar-refractivity contribution in [2.45, 2.75) is 45.8 Å². The standard InChI is InChI=1S/C26H36N4O5/c1-4-5-13-35-18-21-16-22(9-10-23(21)33-2)30-12-6-11-29(26(30)32)17-20-8-7-19(14-24(20)34-3)15-25(31)28-27/h7-10,14,16H,4-6,11-13,15,17-18,27H2,1-3H3,(H,28,31). The molecule has 190 valence electrons. The fourth-order valence-corrected chi connectivity index (χ4v) is 4.11. The van der Waals surface area contributed by atoms with Crippen molar-refractivity contribution >= 4 is 17.6 Å². The van der Waals surface area contributed by atoms with Crippen molar-refractivity contribution in [1.29, 1.82) is 0 Å². The van der Waals surface area contributed by atoms with Crippen LogP contribution >= 0.6 is 0 Å². The molecular formula is C26H36N4O5. The lowest BCUT2D eigenvalue weighted by Gasteiger charge is -2.36. The summed E-state index contributed by atoms with van der Waals surface area (Å²) in [5.74, 6) is 6.29. The van der Waals surface area contributed by atoms with Crippen LogP contribution in [0.2, 0.25) is 0 Å². The van der Waals surface area contributed by atoms with Gasteiger partial charge in [0.2, 0.25) is 5.91 Å². The van der Waals surface area contributed by atoms with Crippen molar-refractivity contribution in [3.63, 3.8) is 0 Å². The molecule has 3 amide bonds. The number of unbranched alkanes of at least 4 members (excludes halogenated alkanes) is 1. The lowest BCUT2D eigenvalue weighted by Crippen LogP contribution is -2.49. The van der Waals surface area contributed by atoms with Crippen molar-refractivity contribution in [3.05, 3.63) is 53.1 Å². The van der Waals surface area contributed by atoms with Gasteiger partial charge in [0.25, 0.3) is 0 Å². The first kappa shape index (κ1) is 26.3. The van der Waals surface area contributed by atoms with E-state index >= 15 is 0 Å². The Bertz CT molecular complexity index is 1010. The first-order valence-corrected chi connectivity index (χ1v) is 12.0. The largest absolute Gasteiger partial charge is 0.496 e. The predicted molar refractivity (Wildman–Crippen MR) is 134 cm³/mol. The maximum absolute atomic E-state index is 13.4. The number of nitrogens with zero attached hydrogens (tertiary/aromatic N) is 2. The van der Waals surface area contributed by atoms with E-state index in [4.69, 9.17) is 20.1 Å². The highest BCUT2D eigenvalue weighted by atomic mass is 16.5. The van der Waals surface area contributed by atoms with Crippen LogP contribution in [0.3, 0.4) is 0 Å². The van der Waals surface area contributed by atoms with Crippen LogP contribution in [0, 0.1) is 0 Å². The maximum Gasteiger partial charge on any atom is 0.324 e. The van der Waals surface area contributed by atoms with E-state index in [-0.39, 0.29) is 18.4 Å². The molecule has 9 heteroatoms. The fraction of sp³-hybridized carbons (Fsp3) is 0.462. The van der Waals surface area contributed by atoms with Gasteiger partial charge in [0.1, 0.15) is 11.5 Å². The predicted octanol–water partition coefficient (Wildman–Crippen LogP) is 3.39. The van der Waals surface area contributed by atoms with Crippen LogP contribution in [0.25, 0.3) is 0 Å². The van der Waals surface area contributed by atoms with E-state index < -0.39 is 0 Å². The van der Waals surface area contributed by atoms with Gasteiger partial charge in [-0.2, -0.15) is 0 Å². The molecule has 1 fully saturated rings. The topological polar surface area (TPSA) is 106 Å². The summed E-state index contributed by atoms with van der Waals surface area (Å²) in [7, 11) is 3.22. The molecule has 0 unspecified atom stereocenters. The number of nitrogens with one attached hydrogen (secondary N) is 1. The van der Waals surface area contributed by atoms with Gasteiger partial charge in [-0.15, -0.1) is 0 Å². The number of rotatable bonds is 12. The fourth-order valence-electron chi connectivity index (χ4n) is 4.11. The molecule has 0 bridgehead atoms. The smallest absolute Gasteiger partial charge is 0.324 e. The second-order valence-electron chi connectivity index (χ2n) is 8.50. The van der Waals surface area contributed by atoms with Gasteiger partial charge in [-0.25, -0.2) is 10.6 Å². The van der Waals surface area contributed by atoms with Crippen molar-refractivity contribution in [2.24, 2.45) is 5.84 Å². The number of anilines is 1. The molecule has 3 rings (SSSR count). The van der Waals surface area contributed by atoms with Gasteiger partial charge in [-0.3, -0.25) is 15.1 Å². The molecule has 1 heterocycles. The zero-order valence-corrected chi connectivity index (χ0v) is 20.8. The number of hydrogen-bond donors (Lipinski definition) is 2. The summed E-state index contributed by atoms with van der Waals surface area (Å²) in [6, 6.07) is 11.3. The number of nitrogens with two attached hydrogens (primary N) is 1. The van der Waals surface area contributed by atoms with Crippen LogP contribution in [0.15, 0.2) is 36.4 Å². The molecule has 0 radical (unpaired) electrons. The van der Waals surface area contributed by atoms with Crippen molar-refractivity contribution in [1.82, 2.24) is 10.3 Å². The molecule has 0 saturated carbocycles. The second-order valence-corrected chi connectivity index (χ2v) is 8.50. The van der Waals surface area contributed by atoms with Crippen LogP contribution in [0.1, 0.15) is 42.9 Å². The van der Waals surface area contributed by atoms with Crippen molar-refractivity contribution < 1.29 is 23.8 Å². The minimum absolute atomic E-state index is 0.0621. The van der Waals surface area contributed by atoms with Crippen LogP contribution in [-0.2, 0) is 29.1 Å². The Balaban J connectivity index is 1.74. The Morgan fingerprint density at radius 1 is 1.06 bits per heavy atom. The van der Waals surface area contributed by atoms with Gasteiger partial charge in [0.15, 0.2) is 0 Å². The summed E-state index contributed by atoms with van der Waals surface area (Å²) in [5, 5.41) is 0. The second kappa shape index (κ2) is 13.0. The molecule has 1 saturated heterocycles. The average Bonchev–Trinajstić information content (AvgIpc) is 2.88. The number of carbonyl (C=O) groups is 2. The highest BCUT2D eigenvalue weighted by molar-refractivity contribution is 5.93. The monoisotopic (exact) mass is 484 g/mol. The molecule has 2 aromatic rings. The Morgan fingerprint density at radius 3 is 2.57 bits per heavy atom. The van der Waals surface area contributed by atoms with Crippen molar-refractivity contribution in [2.75, 3.05) is 38.8 Å². The number of carbonyl (C=O) groups excluding carboxylic acids is 2. The van der Waals surface area contributed by atoms with Crippen LogP contribution in [0.5, 0.6) is 11.5 Å². The lowest BCUT2D eigenvalue weighted by molar-refractivity contribution is -0.120. The van der Waals surface area contributed by atoms with E-state index in [2.05, 4.69) is 12.3 Å². The third-order valence-corrected chi connectivity index (χ3v) is 6.02. The number of urea groups is 1. The van der Waals surface area contributed by atoms with Gasteiger partial charge in [0, 0.05) is 36.5 Å². The zero-order valence-electron chi connectivity index (χ0n) is 20.8. The summed E-state index contributed by atoms with van der Waals surface area (Å²) in [6.45, 7) is 4.96. The molecule has 0 aliphatic carbocycles. The van der Waals surface area contributed by atoms with E-state index in [0.717, 1.165) is 47.4 Å². The Hall–Kier alpha value is -3.30. The van der Waals surface area contributed by atoms with E-state index in [1.54, 1.807) is 19.1 Å². The first-order chi connectivity index (χ1) is 17.0. The van der Waals surface area contributed by atoms with E-state index in [1.165, 1.54) is 0 Å².